The minimum absolute atomic E-state index is 0.726. The number of aromatic nitrogens is 1. The van der Waals surface area contributed by atoms with Gasteiger partial charge >= 0.3 is 0 Å². The van der Waals surface area contributed by atoms with Crippen molar-refractivity contribution in [3.8, 4) is 0 Å². The Morgan fingerprint density at radius 3 is 2.75 bits per heavy atom. The fourth-order valence-corrected chi connectivity index (χ4v) is 2.67. The zero-order valence-electron chi connectivity index (χ0n) is 9.07. The summed E-state index contributed by atoms with van der Waals surface area (Å²) in [6, 6.07) is 6.08. The lowest BCUT2D eigenvalue weighted by atomic mass is 10.2. The average molecular weight is 298 g/mol. The van der Waals surface area contributed by atoms with Gasteiger partial charge in [-0.15, -0.1) is 11.3 Å². The third kappa shape index (κ3) is 2.20. The summed E-state index contributed by atoms with van der Waals surface area (Å²) in [5, 5.41) is 1.14. The molecule has 0 unspecified atom stereocenters. The molecule has 2 heterocycles. The topological polar surface area (TPSA) is 42.2 Å². The van der Waals surface area contributed by atoms with Crippen LogP contribution in [-0.2, 0) is 0 Å². The minimum atomic E-state index is 0.726. The van der Waals surface area contributed by atoms with E-state index in [1.54, 1.807) is 17.5 Å². The second kappa shape index (κ2) is 4.43. The maximum absolute atomic E-state index is 5.75. The molecule has 0 aromatic carbocycles. The molecule has 2 N–H and O–H groups in total. The largest absolute Gasteiger partial charge is 0.397 e. The van der Waals surface area contributed by atoms with Gasteiger partial charge in [0, 0.05) is 7.05 Å². The second-order valence-corrected chi connectivity index (χ2v) is 5.98. The van der Waals surface area contributed by atoms with Crippen molar-refractivity contribution in [2.45, 2.75) is 6.92 Å². The number of nitrogens with zero attached hydrogens (tertiary/aromatic N) is 2. The van der Waals surface area contributed by atoms with E-state index in [0.717, 1.165) is 25.9 Å². The molecule has 3 nitrogen and oxygen atoms in total. The van der Waals surface area contributed by atoms with Gasteiger partial charge in [-0.25, -0.2) is 4.98 Å². The molecule has 2 aromatic rings. The van der Waals surface area contributed by atoms with Crippen LogP contribution in [0.15, 0.2) is 28.2 Å². The summed E-state index contributed by atoms with van der Waals surface area (Å²) in [4.78, 5) is 6.36. The summed E-state index contributed by atoms with van der Waals surface area (Å²) < 4.78 is 1.11. The van der Waals surface area contributed by atoms with Crippen molar-refractivity contribution in [3.63, 3.8) is 0 Å². The smallest absolute Gasteiger partial charge is 0.133 e. The first-order valence-electron chi connectivity index (χ1n) is 4.79. The fraction of sp³-hybridized carbons (Fsp3) is 0.182. The second-order valence-electron chi connectivity index (χ2n) is 3.54. The molecule has 0 saturated heterocycles. The molecule has 5 heteroatoms. The van der Waals surface area contributed by atoms with Crippen LogP contribution in [0.1, 0.15) is 5.56 Å². The lowest BCUT2D eigenvalue weighted by Gasteiger charge is -2.16. The Hall–Kier alpha value is -1.07. The summed E-state index contributed by atoms with van der Waals surface area (Å²) in [5.41, 5.74) is 7.52. The van der Waals surface area contributed by atoms with Gasteiger partial charge in [0.05, 0.1) is 20.7 Å². The van der Waals surface area contributed by atoms with E-state index in [4.69, 9.17) is 5.73 Å². The highest BCUT2D eigenvalue weighted by molar-refractivity contribution is 9.11. The van der Waals surface area contributed by atoms with Crippen LogP contribution in [-0.4, -0.2) is 12.0 Å². The summed E-state index contributed by atoms with van der Waals surface area (Å²) in [5.74, 6) is 0.904. The molecule has 16 heavy (non-hydrogen) atoms. The first-order chi connectivity index (χ1) is 7.58. The van der Waals surface area contributed by atoms with Crippen molar-refractivity contribution in [1.29, 1.82) is 0 Å². The Bertz CT molecular complexity index is 510. The number of thiophene rings is 1. The summed E-state index contributed by atoms with van der Waals surface area (Å²) >= 11 is 5.12. The van der Waals surface area contributed by atoms with Gasteiger partial charge in [-0.05, 0) is 46.6 Å². The van der Waals surface area contributed by atoms with Crippen molar-refractivity contribution < 1.29 is 0 Å². The quantitative estimate of drug-likeness (QED) is 0.921. The minimum Gasteiger partial charge on any atom is -0.397 e. The first-order valence-corrected chi connectivity index (χ1v) is 6.40. The van der Waals surface area contributed by atoms with Gasteiger partial charge in [0.25, 0.3) is 0 Å². The fourth-order valence-electron chi connectivity index (χ4n) is 1.33. The van der Waals surface area contributed by atoms with Crippen LogP contribution in [0.3, 0.4) is 0 Å². The van der Waals surface area contributed by atoms with E-state index in [2.05, 4.69) is 27.0 Å². The van der Waals surface area contributed by atoms with Crippen LogP contribution in [0.2, 0.25) is 0 Å². The van der Waals surface area contributed by atoms with Crippen molar-refractivity contribution in [3.05, 3.63) is 33.7 Å². The third-order valence-corrected chi connectivity index (χ3v) is 4.07. The molecule has 2 rings (SSSR count). The van der Waals surface area contributed by atoms with Crippen molar-refractivity contribution in [2.24, 2.45) is 0 Å². The zero-order valence-corrected chi connectivity index (χ0v) is 11.5. The number of nitrogens with two attached hydrogens (primary N) is 1. The van der Waals surface area contributed by atoms with E-state index in [1.807, 2.05) is 31.0 Å². The number of halogens is 1. The molecule has 0 saturated carbocycles. The lowest BCUT2D eigenvalue weighted by molar-refractivity contribution is 1.14. The van der Waals surface area contributed by atoms with E-state index >= 15 is 0 Å². The SMILES string of the molecule is Cc1cc(N(C)c2ccc(Br)s2)ncc1N. The molecular formula is C11H12BrN3S. The van der Waals surface area contributed by atoms with Gasteiger partial charge in [-0.2, -0.15) is 0 Å². The Balaban J connectivity index is 2.33. The first kappa shape index (κ1) is 11.4. The van der Waals surface area contributed by atoms with Crippen LogP contribution < -0.4 is 10.6 Å². The number of pyridine rings is 1. The molecule has 0 aliphatic rings. The van der Waals surface area contributed by atoms with Crippen LogP contribution in [0, 0.1) is 6.92 Å². The summed E-state index contributed by atoms with van der Waals surface area (Å²) in [6.45, 7) is 1.98. The Kier molecular flexibility index (Phi) is 3.16. The van der Waals surface area contributed by atoms with Crippen LogP contribution in [0.25, 0.3) is 0 Å². The van der Waals surface area contributed by atoms with Gasteiger partial charge in [-0.1, -0.05) is 0 Å². The van der Waals surface area contributed by atoms with E-state index in [0.29, 0.717) is 0 Å². The highest BCUT2D eigenvalue weighted by atomic mass is 79.9. The number of aryl methyl sites for hydroxylation is 1. The molecule has 0 fully saturated rings. The van der Waals surface area contributed by atoms with E-state index in [9.17, 15) is 0 Å². The van der Waals surface area contributed by atoms with Gasteiger partial charge in [-0.3, -0.25) is 0 Å². The highest BCUT2D eigenvalue weighted by Gasteiger charge is 2.08. The summed E-state index contributed by atoms with van der Waals surface area (Å²) in [7, 11) is 2.00. The average Bonchev–Trinajstić information content (AvgIpc) is 2.68. The molecule has 0 aliphatic heterocycles. The predicted molar refractivity (Wildman–Crippen MR) is 73.5 cm³/mol. The number of rotatable bonds is 2. The number of hydrogen-bond donors (Lipinski definition) is 1. The Morgan fingerprint density at radius 2 is 2.19 bits per heavy atom. The molecule has 0 atom stereocenters. The van der Waals surface area contributed by atoms with E-state index < -0.39 is 0 Å². The van der Waals surface area contributed by atoms with Gasteiger partial charge in [0.15, 0.2) is 0 Å². The maximum atomic E-state index is 5.75. The van der Waals surface area contributed by atoms with Crippen LogP contribution in [0.4, 0.5) is 16.5 Å². The molecule has 0 amide bonds. The molecule has 2 aromatic heterocycles. The monoisotopic (exact) mass is 297 g/mol. The van der Waals surface area contributed by atoms with Crippen LogP contribution in [0.5, 0.6) is 0 Å². The Labute approximate surface area is 107 Å². The molecule has 0 radical (unpaired) electrons. The Morgan fingerprint density at radius 1 is 1.44 bits per heavy atom. The summed E-state index contributed by atoms with van der Waals surface area (Å²) in [6.07, 6.45) is 1.70. The maximum Gasteiger partial charge on any atom is 0.133 e. The van der Waals surface area contributed by atoms with Crippen LogP contribution >= 0.6 is 27.3 Å². The van der Waals surface area contributed by atoms with E-state index in [1.165, 1.54) is 0 Å². The molecule has 0 bridgehead atoms. The van der Waals surface area contributed by atoms with E-state index in [-0.39, 0.29) is 0 Å². The van der Waals surface area contributed by atoms with Gasteiger partial charge in [0.1, 0.15) is 5.82 Å². The van der Waals surface area contributed by atoms with Crippen molar-refractivity contribution in [2.75, 3.05) is 17.7 Å². The third-order valence-electron chi connectivity index (χ3n) is 2.37. The number of hydrogen-bond acceptors (Lipinski definition) is 4. The van der Waals surface area contributed by atoms with Gasteiger partial charge in [0.2, 0.25) is 0 Å². The molecular weight excluding hydrogens is 286 g/mol. The standard InChI is InChI=1S/C11H12BrN3S/c1-7-5-10(14-6-8(7)13)15(2)11-4-3-9(12)16-11/h3-6H,13H2,1-2H3. The zero-order chi connectivity index (χ0) is 11.7. The van der Waals surface area contributed by atoms with Gasteiger partial charge < -0.3 is 10.6 Å². The normalized spacial score (nSPS) is 10.4. The number of nitrogen functional groups attached to an aromatic ring is 1. The highest BCUT2D eigenvalue weighted by Crippen LogP contribution is 2.33. The lowest BCUT2D eigenvalue weighted by Crippen LogP contribution is -2.10. The van der Waals surface area contributed by atoms with Crippen molar-refractivity contribution >= 4 is 43.8 Å². The molecule has 84 valence electrons. The number of anilines is 3. The molecule has 0 aliphatic carbocycles. The molecule has 0 spiro atoms. The predicted octanol–water partition coefficient (Wildman–Crippen LogP) is 3.56. The van der Waals surface area contributed by atoms with Crippen molar-refractivity contribution in [1.82, 2.24) is 4.98 Å².